The summed E-state index contributed by atoms with van der Waals surface area (Å²) in [5, 5.41) is 7.43. The average Bonchev–Trinajstić information content (AvgIpc) is 2.53. The predicted octanol–water partition coefficient (Wildman–Crippen LogP) is 0.703. The fourth-order valence-corrected chi connectivity index (χ4v) is 1.84. The van der Waals surface area contributed by atoms with Crippen LogP contribution in [0.2, 0.25) is 5.15 Å². The molecule has 2 aromatic heterocycles. The standard InChI is InChI=1S/C7H6ClN5OS/c1-13-6(14)11-12-7(13)15-5-4(8)9-2-3-10-5/h2-3H,1H3,(H,11,14). The van der Waals surface area contributed by atoms with Gasteiger partial charge in [0, 0.05) is 19.4 Å². The van der Waals surface area contributed by atoms with E-state index in [9.17, 15) is 4.79 Å². The summed E-state index contributed by atoms with van der Waals surface area (Å²) in [6.45, 7) is 0. The Morgan fingerprint density at radius 3 is 2.80 bits per heavy atom. The lowest BCUT2D eigenvalue weighted by molar-refractivity contribution is 0.764. The molecule has 2 heterocycles. The number of hydrogen-bond acceptors (Lipinski definition) is 5. The Morgan fingerprint density at radius 1 is 1.47 bits per heavy atom. The number of H-pyrrole nitrogens is 1. The SMILES string of the molecule is Cn1c(Sc2nccnc2Cl)n[nH]c1=O. The summed E-state index contributed by atoms with van der Waals surface area (Å²) in [6.07, 6.45) is 3.02. The summed E-state index contributed by atoms with van der Waals surface area (Å²) >= 11 is 6.99. The molecule has 0 aliphatic heterocycles. The fraction of sp³-hybridized carbons (Fsp3) is 0.143. The molecule has 0 aromatic carbocycles. The molecule has 78 valence electrons. The molecule has 0 fully saturated rings. The highest BCUT2D eigenvalue weighted by molar-refractivity contribution is 7.99. The fourth-order valence-electron chi connectivity index (χ4n) is 0.887. The Morgan fingerprint density at radius 2 is 2.20 bits per heavy atom. The molecule has 0 atom stereocenters. The van der Waals surface area contributed by atoms with Crippen LogP contribution in [0.5, 0.6) is 0 Å². The van der Waals surface area contributed by atoms with Crippen molar-refractivity contribution in [3.63, 3.8) is 0 Å². The van der Waals surface area contributed by atoms with Gasteiger partial charge in [-0.05, 0) is 11.8 Å². The van der Waals surface area contributed by atoms with Crippen molar-refractivity contribution in [3.8, 4) is 0 Å². The summed E-state index contributed by atoms with van der Waals surface area (Å²) in [4.78, 5) is 19.0. The van der Waals surface area contributed by atoms with E-state index in [2.05, 4.69) is 20.2 Å². The van der Waals surface area contributed by atoms with Crippen molar-refractivity contribution in [1.82, 2.24) is 24.7 Å². The van der Waals surface area contributed by atoms with Crippen molar-refractivity contribution >= 4 is 23.4 Å². The van der Waals surface area contributed by atoms with E-state index in [1.165, 1.54) is 28.7 Å². The van der Waals surface area contributed by atoms with Crippen LogP contribution in [-0.4, -0.2) is 24.7 Å². The van der Waals surface area contributed by atoms with Gasteiger partial charge in [0.1, 0.15) is 5.03 Å². The number of aromatic amines is 1. The minimum absolute atomic E-state index is 0.280. The first kappa shape index (κ1) is 10.2. The highest BCUT2D eigenvalue weighted by Crippen LogP contribution is 2.26. The number of halogens is 1. The lowest BCUT2D eigenvalue weighted by Gasteiger charge is -1.99. The molecule has 0 unspecified atom stereocenters. The molecule has 0 aliphatic rings. The van der Waals surface area contributed by atoms with E-state index >= 15 is 0 Å². The second-order valence-electron chi connectivity index (χ2n) is 2.62. The lowest BCUT2D eigenvalue weighted by atomic mass is 10.8. The second-order valence-corrected chi connectivity index (χ2v) is 3.94. The van der Waals surface area contributed by atoms with Gasteiger partial charge >= 0.3 is 5.69 Å². The minimum atomic E-state index is -0.280. The van der Waals surface area contributed by atoms with Gasteiger partial charge < -0.3 is 0 Å². The molecule has 0 saturated heterocycles. The van der Waals surface area contributed by atoms with E-state index in [1.807, 2.05) is 0 Å². The number of hydrogen-bond donors (Lipinski definition) is 1. The van der Waals surface area contributed by atoms with Crippen LogP contribution in [0.3, 0.4) is 0 Å². The second kappa shape index (κ2) is 4.03. The molecule has 15 heavy (non-hydrogen) atoms. The highest BCUT2D eigenvalue weighted by atomic mass is 35.5. The van der Waals surface area contributed by atoms with Gasteiger partial charge in [-0.15, -0.1) is 5.10 Å². The van der Waals surface area contributed by atoms with Gasteiger partial charge in [0.15, 0.2) is 10.3 Å². The molecule has 8 heteroatoms. The van der Waals surface area contributed by atoms with E-state index in [4.69, 9.17) is 11.6 Å². The predicted molar refractivity (Wildman–Crippen MR) is 55.0 cm³/mol. The van der Waals surface area contributed by atoms with Crippen LogP contribution in [0.15, 0.2) is 27.4 Å². The van der Waals surface area contributed by atoms with Crippen molar-refractivity contribution in [2.75, 3.05) is 0 Å². The molecule has 2 rings (SSSR count). The normalized spacial score (nSPS) is 10.5. The number of aromatic nitrogens is 5. The lowest BCUT2D eigenvalue weighted by Crippen LogP contribution is -2.12. The first-order chi connectivity index (χ1) is 7.18. The summed E-state index contributed by atoms with van der Waals surface area (Å²) in [6, 6.07) is 0. The maximum atomic E-state index is 11.1. The first-order valence-corrected chi connectivity index (χ1v) is 5.13. The van der Waals surface area contributed by atoms with Gasteiger partial charge in [-0.1, -0.05) is 11.6 Å². The maximum absolute atomic E-state index is 11.1. The molecule has 2 aromatic rings. The zero-order valence-electron chi connectivity index (χ0n) is 7.64. The third-order valence-electron chi connectivity index (χ3n) is 1.65. The van der Waals surface area contributed by atoms with E-state index in [0.29, 0.717) is 10.2 Å². The summed E-state index contributed by atoms with van der Waals surface area (Å²) in [5.41, 5.74) is -0.280. The van der Waals surface area contributed by atoms with E-state index < -0.39 is 0 Å². The van der Waals surface area contributed by atoms with Crippen LogP contribution in [0.1, 0.15) is 0 Å². The Bertz CT molecular complexity index is 536. The third-order valence-corrected chi connectivity index (χ3v) is 3.08. The number of rotatable bonds is 2. The van der Waals surface area contributed by atoms with Crippen molar-refractivity contribution in [2.45, 2.75) is 10.2 Å². The Hall–Kier alpha value is -1.34. The van der Waals surface area contributed by atoms with Gasteiger partial charge in [0.25, 0.3) is 0 Å². The molecular formula is C7H6ClN5OS. The van der Waals surface area contributed by atoms with Crippen LogP contribution >= 0.6 is 23.4 Å². The van der Waals surface area contributed by atoms with Crippen LogP contribution < -0.4 is 5.69 Å². The zero-order valence-corrected chi connectivity index (χ0v) is 9.21. The molecule has 0 radical (unpaired) electrons. The molecule has 0 aliphatic carbocycles. The Labute approximate surface area is 93.7 Å². The van der Waals surface area contributed by atoms with E-state index in [-0.39, 0.29) is 10.8 Å². The first-order valence-electron chi connectivity index (χ1n) is 3.94. The largest absolute Gasteiger partial charge is 0.343 e. The zero-order chi connectivity index (χ0) is 10.8. The van der Waals surface area contributed by atoms with Crippen molar-refractivity contribution < 1.29 is 0 Å². The summed E-state index contributed by atoms with van der Waals surface area (Å²) < 4.78 is 1.37. The quantitative estimate of drug-likeness (QED) is 0.840. The molecule has 0 bridgehead atoms. The summed E-state index contributed by atoms with van der Waals surface area (Å²) in [7, 11) is 1.61. The van der Waals surface area contributed by atoms with Gasteiger partial charge in [-0.3, -0.25) is 4.57 Å². The average molecular weight is 244 g/mol. The maximum Gasteiger partial charge on any atom is 0.343 e. The van der Waals surface area contributed by atoms with Crippen LogP contribution in [0.25, 0.3) is 0 Å². The molecule has 0 saturated carbocycles. The van der Waals surface area contributed by atoms with Crippen molar-refractivity contribution in [1.29, 1.82) is 0 Å². The monoisotopic (exact) mass is 243 g/mol. The van der Waals surface area contributed by atoms with Gasteiger partial charge in [0.2, 0.25) is 0 Å². The Balaban J connectivity index is 2.34. The molecule has 6 nitrogen and oxygen atoms in total. The van der Waals surface area contributed by atoms with Crippen molar-refractivity contribution in [2.24, 2.45) is 7.05 Å². The molecular weight excluding hydrogens is 238 g/mol. The number of nitrogens with one attached hydrogen (secondary N) is 1. The van der Waals surface area contributed by atoms with Gasteiger partial charge in [-0.2, -0.15) is 0 Å². The van der Waals surface area contributed by atoms with Gasteiger partial charge in [-0.25, -0.2) is 19.9 Å². The molecule has 0 amide bonds. The Kier molecular flexibility index (Phi) is 2.74. The van der Waals surface area contributed by atoms with Crippen LogP contribution in [0.4, 0.5) is 0 Å². The minimum Gasteiger partial charge on any atom is -0.273 e. The number of nitrogens with zero attached hydrogens (tertiary/aromatic N) is 4. The highest BCUT2D eigenvalue weighted by Gasteiger charge is 2.10. The van der Waals surface area contributed by atoms with Crippen LogP contribution in [0, 0.1) is 0 Å². The van der Waals surface area contributed by atoms with Crippen LogP contribution in [-0.2, 0) is 7.05 Å². The smallest absolute Gasteiger partial charge is 0.273 e. The van der Waals surface area contributed by atoms with Gasteiger partial charge in [0.05, 0.1) is 0 Å². The summed E-state index contributed by atoms with van der Waals surface area (Å²) in [5.74, 6) is 0. The third kappa shape index (κ3) is 2.02. The molecule has 0 spiro atoms. The van der Waals surface area contributed by atoms with E-state index in [1.54, 1.807) is 7.05 Å². The van der Waals surface area contributed by atoms with E-state index in [0.717, 1.165) is 0 Å². The van der Waals surface area contributed by atoms with Crippen molar-refractivity contribution in [3.05, 3.63) is 28.0 Å². The topological polar surface area (TPSA) is 76.5 Å². The molecule has 1 N–H and O–H groups in total.